The van der Waals surface area contributed by atoms with Gasteiger partial charge in [0.1, 0.15) is 6.61 Å². The Bertz CT molecular complexity index is 1240. The number of hydrogen-bond acceptors (Lipinski definition) is 4. The minimum Gasteiger partial charge on any atom is -0.481 e. The number of fused-ring (bicyclic) bond motifs is 4. The van der Waals surface area contributed by atoms with Gasteiger partial charge < -0.3 is 20.1 Å². The van der Waals surface area contributed by atoms with E-state index in [1.807, 2.05) is 48.5 Å². The van der Waals surface area contributed by atoms with Crippen LogP contribution in [0.1, 0.15) is 29.0 Å². The molecule has 3 aromatic carbocycles. The van der Waals surface area contributed by atoms with Crippen molar-refractivity contribution in [2.45, 2.75) is 18.8 Å². The first-order chi connectivity index (χ1) is 17.0. The van der Waals surface area contributed by atoms with E-state index in [-0.39, 0.29) is 37.9 Å². The quantitative estimate of drug-likeness (QED) is 0.563. The number of benzene rings is 3. The van der Waals surface area contributed by atoms with Crippen molar-refractivity contribution in [3.05, 3.63) is 89.5 Å². The molecule has 1 atom stereocenters. The van der Waals surface area contributed by atoms with Crippen molar-refractivity contribution in [1.29, 1.82) is 0 Å². The van der Waals surface area contributed by atoms with Gasteiger partial charge in [-0.25, -0.2) is 4.79 Å². The number of amides is 2. The highest BCUT2D eigenvalue weighted by Crippen LogP contribution is 2.44. The van der Waals surface area contributed by atoms with Crippen LogP contribution in [0.15, 0.2) is 72.8 Å². The molecule has 2 N–H and O–H groups in total. The predicted octanol–water partition coefficient (Wildman–Crippen LogP) is 4.21. The average Bonchev–Trinajstić information content (AvgIpc) is 3.20. The summed E-state index contributed by atoms with van der Waals surface area (Å²) in [6, 6.07) is 23.6. The van der Waals surface area contributed by atoms with Gasteiger partial charge in [0.15, 0.2) is 0 Å². The first kappa shape index (κ1) is 22.7. The standard InChI is InChI=1S/C28H26N2O5/c31-26(30-16-19(27(32)33)15-18-7-1-6-12-25(18)30)13-14-29-28(34)35-17-24-22-10-4-2-8-20(22)21-9-3-5-11-23(21)24/h1-12,19,24H,13-17H2,(H,29,34)(H,32,33). The topological polar surface area (TPSA) is 95.9 Å². The molecular weight excluding hydrogens is 444 g/mol. The van der Waals surface area contributed by atoms with Crippen LogP contribution >= 0.6 is 0 Å². The molecule has 0 saturated carbocycles. The van der Waals surface area contributed by atoms with E-state index < -0.39 is 18.0 Å². The Labute approximate surface area is 203 Å². The summed E-state index contributed by atoms with van der Waals surface area (Å²) in [5.41, 5.74) is 6.15. The zero-order valence-electron chi connectivity index (χ0n) is 19.1. The van der Waals surface area contributed by atoms with E-state index in [4.69, 9.17) is 4.74 Å². The molecule has 0 radical (unpaired) electrons. The highest BCUT2D eigenvalue weighted by atomic mass is 16.5. The number of rotatable bonds is 6. The van der Waals surface area contributed by atoms with Crippen LogP contribution < -0.4 is 10.2 Å². The van der Waals surface area contributed by atoms with Crippen LogP contribution in [0.5, 0.6) is 0 Å². The Morgan fingerprint density at radius 3 is 2.23 bits per heavy atom. The van der Waals surface area contributed by atoms with E-state index in [1.54, 1.807) is 0 Å². The monoisotopic (exact) mass is 470 g/mol. The van der Waals surface area contributed by atoms with Gasteiger partial charge in [-0.3, -0.25) is 9.59 Å². The molecule has 7 heteroatoms. The summed E-state index contributed by atoms with van der Waals surface area (Å²) < 4.78 is 5.52. The summed E-state index contributed by atoms with van der Waals surface area (Å²) >= 11 is 0. The Morgan fingerprint density at radius 1 is 0.914 bits per heavy atom. The largest absolute Gasteiger partial charge is 0.481 e. The van der Waals surface area contributed by atoms with Gasteiger partial charge >= 0.3 is 12.1 Å². The summed E-state index contributed by atoms with van der Waals surface area (Å²) in [5.74, 6) is -1.84. The number of carbonyl (C=O) groups excluding carboxylic acids is 2. The Balaban J connectivity index is 1.16. The van der Waals surface area contributed by atoms with Crippen molar-refractivity contribution < 1.29 is 24.2 Å². The van der Waals surface area contributed by atoms with Crippen molar-refractivity contribution in [2.75, 3.05) is 24.6 Å². The Hall–Kier alpha value is -4.13. The summed E-state index contributed by atoms with van der Waals surface area (Å²) in [6.07, 6.45) is -0.139. The van der Waals surface area contributed by atoms with Gasteiger partial charge in [0.25, 0.3) is 0 Å². The number of carbonyl (C=O) groups is 3. The summed E-state index contributed by atoms with van der Waals surface area (Å²) in [6.45, 7) is 0.426. The van der Waals surface area contributed by atoms with Crippen LogP contribution in [0.4, 0.5) is 10.5 Å². The van der Waals surface area contributed by atoms with Crippen LogP contribution in [-0.4, -0.2) is 42.8 Å². The van der Waals surface area contributed by atoms with E-state index in [9.17, 15) is 19.5 Å². The molecule has 1 aliphatic carbocycles. The second kappa shape index (κ2) is 9.62. The van der Waals surface area contributed by atoms with Crippen molar-refractivity contribution in [2.24, 2.45) is 5.92 Å². The molecule has 1 unspecified atom stereocenters. The number of nitrogens with one attached hydrogen (secondary N) is 1. The molecule has 1 heterocycles. The van der Waals surface area contributed by atoms with E-state index in [1.165, 1.54) is 4.90 Å². The van der Waals surface area contributed by atoms with Crippen molar-refractivity contribution in [3.63, 3.8) is 0 Å². The molecule has 0 saturated heterocycles. The maximum atomic E-state index is 12.9. The maximum Gasteiger partial charge on any atom is 0.407 e. The maximum absolute atomic E-state index is 12.9. The number of para-hydroxylation sites is 1. The van der Waals surface area contributed by atoms with Crippen LogP contribution in [0.3, 0.4) is 0 Å². The van der Waals surface area contributed by atoms with Gasteiger partial charge in [-0.1, -0.05) is 66.7 Å². The van der Waals surface area contributed by atoms with Crippen molar-refractivity contribution in [3.8, 4) is 11.1 Å². The molecule has 5 rings (SSSR count). The van der Waals surface area contributed by atoms with Gasteiger partial charge in [0.05, 0.1) is 5.92 Å². The van der Waals surface area contributed by atoms with Crippen LogP contribution in [-0.2, 0) is 20.7 Å². The van der Waals surface area contributed by atoms with Gasteiger partial charge in [0, 0.05) is 31.1 Å². The second-order valence-corrected chi connectivity index (χ2v) is 8.87. The molecule has 7 nitrogen and oxygen atoms in total. The third-order valence-corrected chi connectivity index (χ3v) is 6.75. The van der Waals surface area contributed by atoms with Crippen LogP contribution in [0.2, 0.25) is 0 Å². The molecule has 178 valence electrons. The number of carboxylic acids is 1. The van der Waals surface area contributed by atoms with Gasteiger partial charge in [-0.15, -0.1) is 0 Å². The third kappa shape index (κ3) is 4.49. The minimum atomic E-state index is -0.922. The lowest BCUT2D eigenvalue weighted by Crippen LogP contribution is -2.43. The lowest BCUT2D eigenvalue weighted by Gasteiger charge is -2.33. The molecule has 2 amide bonds. The second-order valence-electron chi connectivity index (χ2n) is 8.87. The van der Waals surface area contributed by atoms with E-state index in [0.717, 1.165) is 33.5 Å². The van der Waals surface area contributed by atoms with E-state index in [2.05, 4.69) is 29.6 Å². The first-order valence-corrected chi connectivity index (χ1v) is 11.7. The van der Waals surface area contributed by atoms with Crippen molar-refractivity contribution in [1.82, 2.24) is 5.32 Å². The zero-order chi connectivity index (χ0) is 24.4. The number of anilines is 1. The normalized spacial score (nSPS) is 16.1. The van der Waals surface area contributed by atoms with E-state index >= 15 is 0 Å². The summed E-state index contributed by atoms with van der Waals surface area (Å²) in [4.78, 5) is 38.3. The number of hydrogen-bond donors (Lipinski definition) is 2. The van der Waals surface area contributed by atoms with Crippen LogP contribution in [0.25, 0.3) is 11.1 Å². The minimum absolute atomic E-state index is 0.0346. The fraction of sp³-hybridized carbons (Fsp3) is 0.250. The lowest BCUT2D eigenvalue weighted by atomic mass is 9.92. The lowest BCUT2D eigenvalue weighted by molar-refractivity contribution is -0.141. The Morgan fingerprint density at radius 2 is 1.54 bits per heavy atom. The smallest absolute Gasteiger partial charge is 0.407 e. The number of carboxylic acid groups (broad SMARTS) is 1. The molecule has 3 aromatic rings. The van der Waals surface area contributed by atoms with Crippen molar-refractivity contribution >= 4 is 23.7 Å². The molecule has 2 aliphatic rings. The predicted molar refractivity (Wildman–Crippen MR) is 131 cm³/mol. The first-order valence-electron chi connectivity index (χ1n) is 11.7. The zero-order valence-corrected chi connectivity index (χ0v) is 19.1. The highest BCUT2D eigenvalue weighted by Gasteiger charge is 2.32. The number of aliphatic carboxylic acids is 1. The molecular formula is C28H26N2O5. The van der Waals surface area contributed by atoms with E-state index in [0.29, 0.717) is 6.42 Å². The average molecular weight is 471 g/mol. The SMILES string of the molecule is O=C(NCCC(=O)N1CC(C(=O)O)Cc2ccccc21)OCC1c2ccccc2-c2ccccc21. The third-order valence-electron chi connectivity index (χ3n) is 6.75. The van der Waals surface area contributed by atoms with Gasteiger partial charge in [-0.05, 0) is 40.3 Å². The fourth-order valence-corrected chi connectivity index (χ4v) is 5.05. The molecule has 0 bridgehead atoms. The molecule has 35 heavy (non-hydrogen) atoms. The summed E-state index contributed by atoms with van der Waals surface area (Å²) in [5, 5.41) is 12.1. The molecule has 1 aliphatic heterocycles. The Kier molecular flexibility index (Phi) is 6.23. The number of nitrogens with zero attached hydrogens (tertiary/aromatic N) is 1. The number of ether oxygens (including phenoxy) is 1. The summed E-state index contributed by atoms with van der Waals surface area (Å²) in [7, 11) is 0. The van der Waals surface area contributed by atoms with Gasteiger partial charge in [0.2, 0.25) is 5.91 Å². The molecule has 0 spiro atoms. The number of alkyl carbamates (subject to hydrolysis) is 1. The molecule has 0 fully saturated rings. The van der Waals surface area contributed by atoms with Gasteiger partial charge in [-0.2, -0.15) is 0 Å². The molecule has 0 aromatic heterocycles. The highest BCUT2D eigenvalue weighted by molar-refractivity contribution is 5.96. The fourth-order valence-electron chi connectivity index (χ4n) is 5.05. The van der Waals surface area contributed by atoms with Crippen LogP contribution in [0, 0.1) is 5.92 Å².